The van der Waals surface area contributed by atoms with E-state index < -0.39 is 54.5 Å². The molecular formula is C25H20ClF8N3O3. The zero-order valence-electron chi connectivity index (χ0n) is 20.0. The molecule has 3 rings (SSSR count). The number of alkyl halides is 7. The average Bonchev–Trinajstić information content (AvgIpc) is 2.86. The van der Waals surface area contributed by atoms with Gasteiger partial charge in [0.2, 0.25) is 0 Å². The number of hydrogen-bond acceptors (Lipinski definition) is 4. The Bertz CT molecular complexity index is 1300. The smallest absolute Gasteiger partial charge is 0.428 e. The number of ether oxygens (including phenoxy) is 1. The van der Waals surface area contributed by atoms with Gasteiger partial charge in [-0.15, -0.1) is 0 Å². The summed E-state index contributed by atoms with van der Waals surface area (Å²) in [5, 5.41) is 13.6. The minimum atomic E-state index is -5.06. The van der Waals surface area contributed by atoms with Crippen molar-refractivity contribution < 1.29 is 49.8 Å². The van der Waals surface area contributed by atoms with Gasteiger partial charge in [0.1, 0.15) is 17.1 Å². The van der Waals surface area contributed by atoms with E-state index in [1.54, 1.807) is 30.3 Å². The number of aliphatic hydroxyl groups is 1. The van der Waals surface area contributed by atoms with Gasteiger partial charge in [-0.1, -0.05) is 41.9 Å². The molecule has 2 aromatic carbocycles. The van der Waals surface area contributed by atoms with Crippen molar-refractivity contribution in [2.75, 3.05) is 6.54 Å². The van der Waals surface area contributed by atoms with Crippen LogP contribution in [0.1, 0.15) is 16.8 Å². The largest absolute Gasteiger partial charge is 0.461 e. The molecule has 40 heavy (non-hydrogen) atoms. The van der Waals surface area contributed by atoms with Crippen LogP contribution in [0, 0.1) is 5.82 Å². The first-order chi connectivity index (χ1) is 18.6. The van der Waals surface area contributed by atoms with E-state index in [1.807, 2.05) is 5.32 Å². The van der Waals surface area contributed by atoms with E-state index >= 15 is 0 Å². The molecular weight excluding hydrogens is 578 g/mol. The van der Waals surface area contributed by atoms with Crippen molar-refractivity contribution in [2.45, 2.75) is 36.8 Å². The number of hydrogen-bond donors (Lipinski definition) is 3. The zero-order chi connectivity index (χ0) is 29.7. The van der Waals surface area contributed by atoms with Gasteiger partial charge in [-0.3, -0.25) is 4.98 Å². The molecule has 15 heteroatoms. The third-order valence-electron chi connectivity index (χ3n) is 5.51. The molecule has 0 radical (unpaired) electrons. The summed E-state index contributed by atoms with van der Waals surface area (Å²) < 4.78 is 110. The second kappa shape index (κ2) is 12.3. The Morgan fingerprint density at radius 3 is 2.27 bits per heavy atom. The number of nitrogens with one attached hydrogen (secondary N) is 2. The normalized spacial score (nSPS) is 14.4. The van der Waals surface area contributed by atoms with Gasteiger partial charge in [-0.25, -0.2) is 9.18 Å². The third kappa shape index (κ3) is 7.72. The molecule has 2 amide bonds. The topological polar surface area (TPSA) is 83.5 Å². The maximum atomic E-state index is 14.7. The predicted molar refractivity (Wildman–Crippen MR) is 127 cm³/mol. The highest BCUT2D eigenvalue weighted by Gasteiger charge is 2.45. The van der Waals surface area contributed by atoms with Gasteiger partial charge < -0.3 is 20.5 Å². The number of benzene rings is 2. The number of aliphatic hydroxyl groups excluding tert-OH is 1. The Morgan fingerprint density at radius 2 is 1.70 bits per heavy atom. The van der Waals surface area contributed by atoms with Crippen LogP contribution in [0.3, 0.4) is 0 Å². The fourth-order valence-electron chi connectivity index (χ4n) is 3.66. The highest BCUT2D eigenvalue weighted by Crippen LogP contribution is 2.37. The zero-order valence-corrected chi connectivity index (χ0v) is 20.8. The summed E-state index contributed by atoms with van der Waals surface area (Å²) in [5.41, 5.74) is -2.03. The first-order valence-corrected chi connectivity index (χ1v) is 11.6. The van der Waals surface area contributed by atoms with Crippen LogP contribution in [0.5, 0.6) is 5.75 Å². The first kappa shape index (κ1) is 30.9. The number of carbonyl (C=O) groups excluding carboxylic acids is 1. The minimum absolute atomic E-state index is 0.0931. The van der Waals surface area contributed by atoms with Crippen molar-refractivity contribution >= 4 is 17.6 Å². The summed E-state index contributed by atoms with van der Waals surface area (Å²) in [6.45, 7) is -1.27. The standard InChI is InChI=1S/C25H20ClF8N3O3/c26-16-6-7-19(35-12-16)23(11-14-4-2-1-3-5-14,37-22(39)36-13-20(38)24(30,31)32)15-8-17(27)10-18(9-15)40-25(33,34)21(28)29/h1-10,12,20-21,38H,11,13H2,(H2,36,37,39). The van der Waals surface area contributed by atoms with Gasteiger partial charge in [-0.2, -0.15) is 30.7 Å². The molecule has 1 heterocycles. The summed E-state index contributed by atoms with van der Waals surface area (Å²) >= 11 is 5.92. The van der Waals surface area contributed by atoms with E-state index in [0.29, 0.717) is 11.6 Å². The van der Waals surface area contributed by atoms with E-state index in [2.05, 4.69) is 15.0 Å². The molecule has 0 aliphatic rings. The number of urea groups is 1. The number of rotatable bonds is 10. The lowest BCUT2D eigenvalue weighted by Gasteiger charge is -2.36. The molecule has 1 aromatic heterocycles. The number of pyridine rings is 1. The fraction of sp³-hybridized carbons (Fsp3) is 0.280. The van der Waals surface area contributed by atoms with Crippen LogP contribution in [0.4, 0.5) is 39.9 Å². The summed E-state index contributed by atoms with van der Waals surface area (Å²) in [6.07, 6.45) is -16.4. The molecule has 0 aliphatic heterocycles. The Hall–Kier alpha value is -3.65. The van der Waals surface area contributed by atoms with Crippen molar-refractivity contribution in [3.63, 3.8) is 0 Å². The van der Waals surface area contributed by atoms with Crippen LogP contribution in [0.2, 0.25) is 5.02 Å². The van der Waals surface area contributed by atoms with Crippen molar-refractivity contribution in [1.29, 1.82) is 0 Å². The summed E-state index contributed by atoms with van der Waals surface area (Å²) in [5.74, 6) is -2.28. The van der Waals surface area contributed by atoms with Crippen LogP contribution >= 0.6 is 11.6 Å². The van der Waals surface area contributed by atoms with E-state index in [1.165, 1.54) is 12.1 Å². The quantitative estimate of drug-likeness (QED) is 0.257. The maximum absolute atomic E-state index is 14.7. The molecule has 0 spiro atoms. The average molecular weight is 598 g/mol. The molecule has 0 bridgehead atoms. The van der Waals surface area contributed by atoms with Gasteiger partial charge in [0, 0.05) is 18.7 Å². The molecule has 2 atom stereocenters. The van der Waals surface area contributed by atoms with Crippen molar-refractivity contribution in [3.8, 4) is 5.75 Å². The molecule has 3 aromatic rings. The number of aromatic nitrogens is 1. The van der Waals surface area contributed by atoms with Crippen LogP contribution in [-0.4, -0.2) is 47.5 Å². The van der Waals surface area contributed by atoms with Crippen molar-refractivity contribution in [3.05, 3.63) is 94.5 Å². The summed E-state index contributed by atoms with van der Waals surface area (Å²) in [4.78, 5) is 17.0. The number of nitrogens with zero attached hydrogens (tertiary/aromatic N) is 1. The lowest BCUT2D eigenvalue weighted by Crippen LogP contribution is -2.54. The van der Waals surface area contributed by atoms with Crippen LogP contribution in [0.25, 0.3) is 0 Å². The maximum Gasteiger partial charge on any atom is 0.461 e. The third-order valence-corrected chi connectivity index (χ3v) is 5.73. The number of amides is 2. The molecule has 2 unspecified atom stereocenters. The molecule has 0 saturated heterocycles. The molecule has 6 nitrogen and oxygen atoms in total. The number of halogens is 9. The van der Waals surface area contributed by atoms with Crippen molar-refractivity contribution in [2.24, 2.45) is 0 Å². The molecule has 0 saturated carbocycles. The van der Waals surface area contributed by atoms with E-state index in [-0.39, 0.29) is 22.7 Å². The Labute approximate surface area is 226 Å². The second-order valence-electron chi connectivity index (χ2n) is 8.46. The summed E-state index contributed by atoms with van der Waals surface area (Å²) in [6, 6.07) is 11.2. The van der Waals surface area contributed by atoms with E-state index in [4.69, 9.17) is 11.6 Å². The second-order valence-corrected chi connectivity index (χ2v) is 8.90. The van der Waals surface area contributed by atoms with E-state index in [0.717, 1.165) is 18.3 Å². The van der Waals surface area contributed by atoms with Gasteiger partial charge in [-0.05, 0) is 35.4 Å². The van der Waals surface area contributed by atoms with Gasteiger partial charge in [0.25, 0.3) is 0 Å². The lowest BCUT2D eigenvalue weighted by atomic mass is 9.80. The summed E-state index contributed by atoms with van der Waals surface area (Å²) in [7, 11) is 0. The first-order valence-electron chi connectivity index (χ1n) is 11.3. The molecule has 0 aliphatic carbocycles. The highest BCUT2D eigenvalue weighted by molar-refractivity contribution is 6.30. The minimum Gasteiger partial charge on any atom is -0.428 e. The SMILES string of the molecule is O=C(NCC(O)C(F)(F)F)NC(Cc1ccccc1)(c1cc(F)cc(OC(F)(F)C(F)F)c1)c1ccc(Cl)cn1. The lowest BCUT2D eigenvalue weighted by molar-refractivity contribution is -0.253. The number of carbonyl (C=O) groups is 1. The Balaban J connectivity index is 2.18. The van der Waals surface area contributed by atoms with Crippen LogP contribution < -0.4 is 15.4 Å². The monoisotopic (exact) mass is 597 g/mol. The van der Waals surface area contributed by atoms with E-state index in [9.17, 15) is 45.0 Å². The Kier molecular flexibility index (Phi) is 9.46. The molecule has 3 N–H and O–H groups in total. The van der Waals surface area contributed by atoms with Gasteiger partial charge in [0.15, 0.2) is 6.10 Å². The molecule has 216 valence electrons. The van der Waals surface area contributed by atoms with Crippen molar-refractivity contribution in [1.82, 2.24) is 15.6 Å². The Morgan fingerprint density at radius 1 is 1.02 bits per heavy atom. The van der Waals surface area contributed by atoms with Gasteiger partial charge in [0.05, 0.1) is 17.3 Å². The van der Waals surface area contributed by atoms with Crippen LogP contribution in [0.15, 0.2) is 66.9 Å². The fourth-order valence-corrected chi connectivity index (χ4v) is 3.78. The van der Waals surface area contributed by atoms with Gasteiger partial charge >= 0.3 is 24.7 Å². The highest BCUT2D eigenvalue weighted by atomic mass is 35.5. The van der Waals surface area contributed by atoms with Crippen LogP contribution in [-0.2, 0) is 12.0 Å². The predicted octanol–water partition coefficient (Wildman–Crippen LogP) is 5.82. The molecule has 0 fully saturated rings.